The molecule has 0 radical (unpaired) electrons. The Labute approximate surface area is 104 Å². The van der Waals surface area contributed by atoms with Gasteiger partial charge in [0.2, 0.25) is 0 Å². The van der Waals surface area contributed by atoms with Crippen molar-refractivity contribution in [3.05, 3.63) is 17.3 Å². The number of hydrogen-bond acceptors (Lipinski definition) is 3. The van der Waals surface area contributed by atoms with Crippen LogP contribution in [0.15, 0.2) is 4.42 Å². The van der Waals surface area contributed by atoms with Crippen LogP contribution in [0.2, 0.25) is 0 Å². The van der Waals surface area contributed by atoms with Crippen molar-refractivity contribution in [1.29, 1.82) is 0 Å². The number of aromatic nitrogens is 1. The summed E-state index contributed by atoms with van der Waals surface area (Å²) in [7, 11) is 0. The molecule has 0 aromatic carbocycles. The zero-order chi connectivity index (χ0) is 14.1. The van der Waals surface area contributed by atoms with E-state index < -0.39 is 17.5 Å². The van der Waals surface area contributed by atoms with Gasteiger partial charge in [-0.15, -0.1) is 0 Å². The van der Waals surface area contributed by atoms with Gasteiger partial charge in [-0.25, -0.2) is 4.98 Å². The van der Waals surface area contributed by atoms with Crippen molar-refractivity contribution in [2.75, 3.05) is 0 Å². The first-order chi connectivity index (χ1) is 8.00. The molecule has 3 nitrogen and oxygen atoms in total. The molecule has 0 fully saturated rings. The van der Waals surface area contributed by atoms with Gasteiger partial charge in [0.25, 0.3) is 0 Å². The Kier molecular flexibility index (Phi) is 4.10. The summed E-state index contributed by atoms with van der Waals surface area (Å²) in [6.45, 7) is 6.42. The van der Waals surface area contributed by atoms with Crippen LogP contribution in [-0.2, 0) is 12.6 Å². The molecule has 0 saturated carbocycles. The zero-order valence-corrected chi connectivity index (χ0v) is 10.9. The van der Waals surface area contributed by atoms with Crippen LogP contribution in [0.3, 0.4) is 0 Å². The van der Waals surface area contributed by atoms with Gasteiger partial charge in [0.15, 0.2) is 11.6 Å². The molecule has 0 amide bonds. The first-order valence-electron chi connectivity index (χ1n) is 5.80. The standard InChI is InChI=1S/C12H18F3NO2/c1-7(2)9-10(12(13,14)15)16-8(18-9)5-6-11(3,4)17/h7,17H,5-6H2,1-4H3. The molecule has 0 spiro atoms. The van der Waals surface area contributed by atoms with E-state index in [4.69, 9.17) is 4.42 Å². The molecule has 1 rings (SSSR count). The molecular weight excluding hydrogens is 247 g/mol. The Morgan fingerprint density at radius 2 is 1.83 bits per heavy atom. The van der Waals surface area contributed by atoms with Crippen LogP contribution in [0.4, 0.5) is 13.2 Å². The molecule has 0 atom stereocenters. The average Bonchev–Trinajstić information content (AvgIpc) is 2.56. The van der Waals surface area contributed by atoms with Gasteiger partial charge >= 0.3 is 6.18 Å². The van der Waals surface area contributed by atoms with E-state index in [2.05, 4.69) is 4.98 Å². The van der Waals surface area contributed by atoms with Crippen LogP contribution < -0.4 is 0 Å². The molecule has 0 unspecified atom stereocenters. The fourth-order valence-corrected chi connectivity index (χ4v) is 1.49. The van der Waals surface area contributed by atoms with Gasteiger partial charge in [-0.1, -0.05) is 13.8 Å². The highest BCUT2D eigenvalue weighted by Gasteiger charge is 2.39. The number of hydrogen-bond donors (Lipinski definition) is 1. The fraction of sp³-hybridized carbons (Fsp3) is 0.750. The Bertz CT molecular complexity index is 402. The third kappa shape index (κ3) is 4.01. The van der Waals surface area contributed by atoms with Crippen LogP contribution in [0.5, 0.6) is 0 Å². The molecule has 0 bridgehead atoms. The number of rotatable bonds is 4. The SMILES string of the molecule is CC(C)c1oc(CCC(C)(C)O)nc1C(F)(F)F. The third-order valence-corrected chi connectivity index (χ3v) is 2.44. The first kappa shape index (κ1) is 15.0. The Balaban J connectivity index is 2.97. The first-order valence-corrected chi connectivity index (χ1v) is 5.80. The second-order valence-corrected chi connectivity index (χ2v) is 5.29. The van der Waals surface area contributed by atoms with Crippen molar-refractivity contribution in [3.8, 4) is 0 Å². The number of aliphatic hydroxyl groups is 1. The van der Waals surface area contributed by atoms with Crippen molar-refractivity contribution < 1.29 is 22.7 Å². The molecule has 6 heteroatoms. The smallest absolute Gasteiger partial charge is 0.436 e. The van der Waals surface area contributed by atoms with E-state index in [1.165, 1.54) is 0 Å². The monoisotopic (exact) mass is 265 g/mol. The summed E-state index contributed by atoms with van der Waals surface area (Å²) in [6.07, 6.45) is -4.03. The summed E-state index contributed by atoms with van der Waals surface area (Å²) in [5.74, 6) is -0.508. The number of halogens is 3. The predicted octanol–water partition coefficient (Wildman–Crippen LogP) is 3.52. The Morgan fingerprint density at radius 3 is 2.17 bits per heavy atom. The van der Waals surface area contributed by atoms with E-state index >= 15 is 0 Å². The van der Waals surface area contributed by atoms with Crippen molar-refractivity contribution in [2.24, 2.45) is 0 Å². The molecule has 104 valence electrons. The van der Waals surface area contributed by atoms with Crippen LogP contribution in [0.1, 0.15) is 57.4 Å². The molecule has 0 aliphatic carbocycles. The molecular formula is C12H18F3NO2. The van der Waals surface area contributed by atoms with Gasteiger partial charge in [-0.2, -0.15) is 13.2 Å². The lowest BCUT2D eigenvalue weighted by Crippen LogP contribution is -2.19. The normalized spacial score (nSPS) is 13.4. The molecule has 0 saturated heterocycles. The zero-order valence-electron chi connectivity index (χ0n) is 10.9. The van der Waals surface area contributed by atoms with Crippen molar-refractivity contribution >= 4 is 0 Å². The maximum Gasteiger partial charge on any atom is 0.436 e. The molecule has 1 aromatic rings. The summed E-state index contributed by atoms with van der Waals surface area (Å²) in [4.78, 5) is 3.50. The van der Waals surface area contributed by atoms with Gasteiger partial charge < -0.3 is 9.52 Å². The fourth-order valence-electron chi connectivity index (χ4n) is 1.49. The average molecular weight is 265 g/mol. The van der Waals surface area contributed by atoms with Gasteiger partial charge in [0.05, 0.1) is 5.60 Å². The number of nitrogens with zero attached hydrogens (tertiary/aromatic N) is 1. The van der Waals surface area contributed by atoms with Gasteiger partial charge in [0, 0.05) is 12.3 Å². The van der Waals surface area contributed by atoms with Crippen LogP contribution >= 0.6 is 0 Å². The molecule has 1 N–H and O–H groups in total. The third-order valence-electron chi connectivity index (χ3n) is 2.44. The van der Waals surface area contributed by atoms with E-state index in [1.54, 1.807) is 27.7 Å². The van der Waals surface area contributed by atoms with E-state index in [1.807, 2.05) is 0 Å². The van der Waals surface area contributed by atoms with E-state index in [9.17, 15) is 18.3 Å². The second kappa shape index (κ2) is 4.91. The second-order valence-electron chi connectivity index (χ2n) is 5.29. The van der Waals surface area contributed by atoms with Gasteiger partial charge in [-0.3, -0.25) is 0 Å². The number of aryl methyl sites for hydroxylation is 1. The van der Waals surface area contributed by atoms with E-state index in [0.717, 1.165) is 0 Å². The van der Waals surface area contributed by atoms with Crippen LogP contribution in [-0.4, -0.2) is 15.7 Å². The number of alkyl halides is 3. The minimum atomic E-state index is -4.50. The van der Waals surface area contributed by atoms with Crippen molar-refractivity contribution in [2.45, 2.75) is 58.2 Å². The summed E-state index contributed by atoms with van der Waals surface area (Å²) in [5, 5.41) is 9.53. The molecule has 1 aromatic heterocycles. The molecule has 1 heterocycles. The minimum absolute atomic E-state index is 0.0214. The highest BCUT2D eigenvalue weighted by atomic mass is 19.4. The summed E-state index contributed by atoms with van der Waals surface area (Å²) < 4.78 is 43.3. The molecule has 18 heavy (non-hydrogen) atoms. The van der Waals surface area contributed by atoms with Gasteiger partial charge in [0.1, 0.15) is 5.76 Å². The molecule has 0 aliphatic heterocycles. The van der Waals surface area contributed by atoms with E-state index in [0.29, 0.717) is 6.42 Å². The van der Waals surface area contributed by atoms with Gasteiger partial charge in [-0.05, 0) is 20.3 Å². The maximum atomic E-state index is 12.7. The molecule has 0 aliphatic rings. The number of oxazole rings is 1. The topological polar surface area (TPSA) is 46.3 Å². The summed E-state index contributed by atoms with van der Waals surface area (Å²) in [6, 6.07) is 0. The largest absolute Gasteiger partial charge is 0.445 e. The van der Waals surface area contributed by atoms with Crippen molar-refractivity contribution in [3.63, 3.8) is 0 Å². The Hall–Kier alpha value is -1.04. The maximum absolute atomic E-state index is 12.7. The Morgan fingerprint density at radius 1 is 1.28 bits per heavy atom. The lowest BCUT2D eigenvalue weighted by atomic mass is 10.0. The van der Waals surface area contributed by atoms with E-state index in [-0.39, 0.29) is 24.0 Å². The van der Waals surface area contributed by atoms with Crippen LogP contribution in [0, 0.1) is 0 Å². The highest BCUT2D eigenvalue weighted by Crippen LogP contribution is 2.35. The minimum Gasteiger partial charge on any atom is -0.445 e. The summed E-state index contributed by atoms with van der Waals surface area (Å²) >= 11 is 0. The lowest BCUT2D eigenvalue weighted by molar-refractivity contribution is -0.142. The highest BCUT2D eigenvalue weighted by molar-refractivity contribution is 5.17. The quantitative estimate of drug-likeness (QED) is 0.906. The summed E-state index contributed by atoms with van der Waals surface area (Å²) in [5.41, 5.74) is -1.91. The lowest BCUT2D eigenvalue weighted by Gasteiger charge is -2.14. The van der Waals surface area contributed by atoms with Crippen molar-refractivity contribution in [1.82, 2.24) is 4.98 Å². The van der Waals surface area contributed by atoms with Crippen LogP contribution in [0.25, 0.3) is 0 Å². The predicted molar refractivity (Wildman–Crippen MR) is 60.2 cm³/mol.